The fourth-order valence-electron chi connectivity index (χ4n) is 7.40. The average molecular weight is 740 g/mol. The third kappa shape index (κ3) is 6.47. The molecule has 9 nitrogen and oxygen atoms in total. The first-order chi connectivity index (χ1) is 27.6. The van der Waals surface area contributed by atoms with Gasteiger partial charge in [0.05, 0.1) is 32.2 Å². The van der Waals surface area contributed by atoms with E-state index in [-0.39, 0.29) is 0 Å². The van der Waals surface area contributed by atoms with E-state index in [0.717, 1.165) is 56.4 Å². The van der Waals surface area contributed by atoms with Gasteiger partial charge in [0.1, 0.15) is 12.4 Å². The van der Waals surface area contributed by atoms with Crippen molar-refractivity contribution in [1.82, 2.24) is 25.2 Å². The number of aryl methyl sites for hydroxylation is 1. The Morgan fingerprint density at radius 3 is 1.71 bits per heavy atom. The van der Waals surface area contributed by atoms with Crippen molar-refractivity contribution < 1.29 is 18.9 Å². The van der Waals surface area contributed by atoms with E-state index in [9.17, 15) is 0 Å². The third-order valence-corrected chi connectivity index (χ3v) is 10.1. The lowest BCUT2D eigenvalue weighted by atomic mass is 9.77. The molecule has 278 valence electrons. The molecule has 0 fully saturated rings. The molecular formula is C47H41N5O4. The number of ether oxygens (including phenoxy) is 4. The Hall–Kier alpha value is -7.00. The highest BCUT2D eigenvalue weighted by molar-refractivity contribution is 5.95. The van der Waals surface area contributed by atoms with E-state index in [0.29, 0.717) is 40.9 Å². The summed E-state index contributed by atoms with van der Waals surface area (Å²) in [6, 6.07) is 51.4. The summed E-state index contributed by atoms with van der Waals surface area (Å²) in [6.07, 6.45) is 0.742. The number of methoxy groups -OCH3 is 3. The van der Waals surface area contributed by atoms with Crippen molar-refractivity contribution in [2.75, 3.05) is 21.3 Å². The van der Waals surface area contributed by atoms with Gasteiger partial charge in [-0.3, -0.25) is 4.98 Å². The Morgan fingerprint density at radius 2 is 1.16 bits per heavy atom. The second-order valence-corrected chi connectivity index (χ2v) is 13.2. The standard InChI is InChI=1S/C47H41N5O4/c1-5-37-29-41(43-40(48-37)30-42(53-2)44(54-3)45(43)55-4)56-31-32-25-27-33(28-26-32)38-23-15-16-24-39(38)46-49-51-52(50-46)47(34-17-9-6-10-18-34,35-19-11-7-12-20-35)36-21-13-8-14-22-36/h6-30H,5,31H2,1-4H3. The minimum atomic E-state index is -0.870. The molecule has 0 saturated carbocycles. The van der Waals surface area contributed by atoms with Gasteiger partial charge in [-0.05, 0) is 45.0 Å². The fourth-order valence-corrected chi connectivity index (χ4v) is 7.40. The molecule has 9 heteroatoms. The molecule has 0 aliphatic rings. The van der Waals surface area contributed by atoms with E-state index >= 15 is 0 Å². The lowest BCUT2D eigenvalue weighted by Crippen LogP contribution is -2.39. The number of rotatable bonds is 13. The zero-order chi connectivity index (χ0) is 38.5. The van der Waals surface area contributed by atoms with E-state index < -0.39 is 5.54 Å². The van der Waals surface area contributed by atoms with Crippen LogP contribution in [0.4, 0.5) is 0 Å². The molecule has 8 aromatic rings. The van der Waals surface area contributed by atoms with Crippen LogP contribution in [-0.2, 0) is 18.6 Å². The molecule has 2 aromatic heterocycles. The summed E-state index contributed by atoms with van der Waals surface area (Å²) in [6.45, 7) is 2.40. The molecule has 0 N–H and O–H groups in total. The molecule has 0 spiro atoms. The van der Waals surface area contributed by atoms with E-state index in [2.05, 4.69) is 73.7 Å². The highest BCUT2D eigenvalue weighted by atomic mass is 16.5. The highest BCUT2D eigenvalue weighted by Crippen LogP contribution is 2.47. The first-order valence-corrected chi connectivity index (χ1v) is 18.5. The van der Waals surface area contributed by atoms with Crippen molar-refractivity contribution in [2.24, 2.45) is 0 Å². The maximum Gasteiger partial charge on any atom is 0.205 e. The Kier molecular flexibility index (Phi) is 10.1. The van der Waals surface area contributed by atoms with Crippen LogP contribution in [0.5, 0.6) is 23.0 Å². The van der Waals surface area contributed by atoms with Gasteiger partial charge in [-0.25, -0.2) is 0 Å². The molecule has 0 bridgehead atoms. The third-order valence-electron chi connectivity index (χ3n) is 10.1. The van der Waals surface area contributed by atoms with E-state index in [1.807, 2.05) is 84.9 Å². The van der Waals surface area contributed by atoms with Crippen LogP contribution in [0.1, 0.15) is 34.9 Å². The van der Waals surface area contributed by atoms with Crippen LogP contribution >= 0.6 is 0 Å². The van der Waals surface area contributed by atoms with E-state index in [4.69, 9.17) is 39.3 Å². The SMILES string of the molecule is CCc1cc(OCc2ccc(-c3ccccc3-c3nnn(C(c4ccccc4)(c4ccccc4)c4ccccc4)n3)cc2)c2c(OC)c(OC)c(OC)cc2n1. The topological polar surface area (TPSA) is 93.4 Å². The van der Waals surface area contributed by atoms with Crippen molar-refractivity contribution in [3.63, 3.8) is 0 Å². The summed E-state index contributed by atoms with van der Waals surface area (Å²) in [4.78, 5) is 6.59. The van der Waals surface area contributed by atoms with Gasteiger partial charge in [0.2, 0.25) is 11.6 Å². The van der Waals surface area contributed by atoms with Gasteiger partial charge >= 0.3 is 0 Å². The maximum atomic E-state index is 6.50. The number of pyridine rings is 1. The molecule has 2 heterocycles. The monoisotopic (exact) mass is 739 g/mol. The molecular weight excluding hydrogens is 699 g/mol. The lowest BCUT2D eigenvalue weighted by Gasteiger charge is -2.34. The van der Waals surface area contributed by atoms with Crippen LogP contribution in [0.2, 0.25) is 0 Å². The van der Waals surface area contributed by atoms with Gasteiger partial charge in [0, 0.05) is 23.4 Å². The Balaban J connectivity index is 1.13. The van der Waals surface area contributed by atoms with Crippen molar-refractivity contribution in [3.05, 3.63) is 180 Å². The number of fused-ring (bicyclic) bond motifs is 1. The molecule has 0 amide bonds. The van der Waals surface area contributed by atoms with E-state index in [1.54, 1.807) is 26.1 Å². The van der Waals surface area contributed by atoms with Crippen molar-refractivity contribution in [3.8, 4) is 45.5 Å². The summed E-state index contributed by atoms with van der Waals surface area (Å²) in [5.74, 6) is 2.73. The summed E-state index contributed by atoms with van der Waals surface area (Å²) in [7, 11) is 4.79. The van der Waals surface area contributed by atoms with Gasteiger partial charge in [-0.2, -0.15) is 0 Å². The first-order valence-electron chi connectivity index (χ1n) is 18.5. The van der Waals surface area contributed by atoms with Crippen LogP contribution < -0.4 is 18.9 Å². The fraction of sp³-hybridized carbons (Fsp3) is 0.149. The number of tetrazole rings is 1. The van der Waals surface area contributed by atoms with Crippen LogP contribution in [-0.4, -0.2) is 46.5 Å². The van der Waals surface area contributed by atoms with Crippen LogP contribution in [0.15, 0.2) is 152 Å². The predicted octanol–water partition coefficient (Wildman–Crippen LogP) is 9.56. The number of aromatic nitrogens is 5. The zero-order valence-corrected chi connectivity index (χ0v) is 31.7. The Labute approximate surface area is 326 Å². The molecule has 6 aromatic carbocycles. The Morgan fingerprint density at radius 1 is 0.589 bits per heavy atom. The smallest absolute Gasteiger partial charge is 0.205 e. The molecule has 0 aliphatic carbocycles. The van der Waals surface area contributed by atoms with Crippen molar-refractivity contribution in [1.29, 1.82) is 0 Å². The molecule has 56 heavy (non-hydrogen) atoms. The van der Waals surface area contributed by atoms with Crippen molar-refractivity contribution >= 4 is 10.9 Å². The number of benzene rings is 6. The molecule has 0 saturated heterocycles. The molecule has 0 atom stereocenters. The summed E-state index contributed by atoms with van der Waals surface area (Å²) < 4.78 is 23.6. The molecule has 0 aliphatic heterocycles. The highest BCUT2D eigenvalue weighted by Gasteiger charge is 2.41. The number of nitrogens with zero attached hydrogens (tertiary/aromatic N) is 5. The summed E-state index contributed by atoms with van der Waals surface area (Å²) in [5, 5.41) is 15.4. The summed E-state index contributed by atoms with van der Waals surface area (Å²) in [5.41, 5.74) is 7.68. The summed E-state index contributed by atoms with van der Waals surface area (Å²) >= 11 is 0. The maximum absolute atomic E-state index is 6.50. The van der Waals surface area contributed by atoms with E-state index in [1.165, 1.54) is 0 Å². The Bertz CT molecular complexity index is 2480. The van der Waals surface area contributed by atoms with Gasteiger partial charge < -0.3 is 18.9 Å². The number of hydrogen-bond donors (Lipinski definition) is 0. The normalized spacial score (nSPS) is 11.4. The van der Waals surface area contributed by atoms with Crippen molar-refractivity contribution in [2.45, 2.75) is 25.5 Å². The number of hydrogen-bond acceptors (Lipinski definition) is 8. The van der Waals surface area contributed by atoms with Crippen LogP contribution in [0, 0.1) is 0 Å². The van der Waals surface area contributed by atoms with Gasteiger partial charge in [-0.15, -0.1) is 15.0 Å². The second kappa shape index (κ2) is 15.8. The largest absolute Gasteiger partial charge is 0.493 e. The quantitative estimate of drug-likeness (QED) is 0.108. The van der Waals surface area contributed by atoms with Gasteiger partial charge in [0.15, 0.2) is 17.0 Å². The minimum Gasteiger partial charge on any atom is -0.493 e. The zero-order valence-electron chi connectivity index (χ0n) is 31.7. The second-order valence-electron chi connectivity index (χ2n) is 13.2. The van der Waals surface area contributed by atoms with Crippen LogP contribution in [0.3, 0.4) is 0 Å². The average Bonchev–Trinajstić information content (AvgIpc) is 3.76. The molecule has 8 rings (SSSR count). The van der Waals surface area contributed by atoms with Gasteiger partial charge in [-0.1, -0.05) is 146 Å². The predicted molar refractivity (Wildman–Crippen MR) is 218 cm³/mol. The van der Waals surface area contributed by atoms with Crippen LogP contribution in [0.25, 0.3) is 33.4 Å². The lowest BCUT2D eigenvalue weighted by molar-refractivity contribution is 0.305. The molecule has 0 radical (unpaired) electrons. The minimum absolute atomic E-state index is 0.331. The molecule has 0 unspecified atom stereocenters. The van der Waals surface area contributed by atoms with Gasteiger partial charge in [0.25, 0.3) is 0 Å². The first kappa shape index (κ1) is 36.0.